The van der Waals surface area contributed by atoms with Crippen LogP contribution in [0.3, 0.4) is 0 Å². The molecule has 0 aliphatic carbocycles. The fraction of sp³-hybridized carbons (Fsp3) is 0.208. The first-order valence-corrected chi connectivity index (χ1v) is 11.6. The van der Waals surface area contributed by atoms with Crippen molar-refractivity contribution in [1.29, 1.82) is 0 Å². The molecule has 1 N–H and O–H groups in total. The van der Waals surface area contributed by atoms with E-state index in [-0.39, 0.29) is 49.0 Å². The Labute approximate surface area is 208 Å². The molecule has 1 fully saturated rings. The van der Waals surface area contributed by atoms with Gasteiger partial charge in [-0.25, -0.2) is 19.9 Å². The zero-order chi connectivity index (χ0) is 24.6. The van der Waals surface area contributed by atoms with E-state index in [0.29, 0.717) is 25.9 Å². The second-order valence-electron chi connectivity index (χ2n) is 8.59. The van der Waals surface area contributed by atoms with Gasteiger partial charge in [0.15, 0.2) is 0 Å². The van der Waals surface area contributed by atoms with Crippen LogP contribution in [0.15, 0.2) is 36.4 Å². The maximum Gasteiger partial charge on any atom is 0.276 e. The summed E-state index contributed by atoms with van der Waals surface area (Å²) in [6, 6.07) is 8.70. The summed E-state index contributed by atoms with van der Waals surface area (Å²) in [6.45, 7) is 0.715. The summed E-state index contributed by atoms with van der Waals surface area (Å²) >= 11 is 12.0. The van der Waals surface area contributed by atoms with Gasteiger partial charge in [0.2, 0.25) is 0 Å². The number of aliphatic hydroxyl groups is 1. The third-order valence-corrected chi connectivity index (χ3v) is 6.99. The molecule has 4 amide bonds. The molecule has 6 rings (SSSR count). The summed E-state index contributed by atoms with van der Waals surface area (Å²) in [7, 11) is 0. The van der Waals surface area contributed by atoms with Crippen LogP contribution in [0, 0.1) is 0 Å². The Morgan fingerprint density at radius 1 is 0.743 bits per heavy atom. The van der Waals surface area contributed by atoms with Crippen LogP contribution in [0.5, 0.6) is 0 Å². The predicted molar refractivity (Wildman–Crippen MR) is 127 cm³/mol. The largest absolute Gasteiger partial charge is 0.393 e. The second-order valence-corrected chi connectivity index (χ2v) is 9.37. The number of imide groups is 2. The predicted octanol–water partition coefficient (Wildman–Crippen LogP) is 3.31. The van der Waals surface area contributed by atoms with E-state index in [1.807, 2.05) is 0 Å². The number of pyridine rings is 1. The number of aliphatic hydroxyl groups excluding tert-OH is 1. The van der Waals surface area contributed by atoms with E-state index in [2.05, 4.69) is 4.98 Å². The molecule has 0 unspecified atom stereocenters. The van der Waals surface area contributed by atoms with Gasteiger partial charge in [-0.2, -0.15) is 0 Å². The first-order valence-electron chi connectivity index (χ1n) is 10.9. The van der Waals surface area contributed by atoms with E-state index in [9.17, 15) is 24.3 Å². The highest BCUT2D eigenvalue weighted by molar-refractivity contribution is 6.40. The van der Waals surface area contributed by atoms with Gasteiger partial charge in [0, 0.05) is 35.0 Å². The minimum Gasteiger partial charge on any atom is -0.393 e. The number of carbonyl (C=O) groups is 4. The van der Waals surface area contributed by atoms with Crippen LogP contribution >= 0.6 is 23.2 Å². The van der Waals surface area contributed by atoms with Crippen LogP contribution in [-0.2, 0) is 0 Å². The molecule has 3 aliphatic heterocycles. The molecule has 176 valence electrons. The molecule has 1 aromatic heterocycles. The Hall–Kier alpha value is -3.37. The normalized spacial score (nSPS) is 18.7. The maximum absolute atomic E-state index is 13.5. The van der Waals surface area contributed by atoms with Gasteiger partial charge < -0.3 is 5.11 Å². The summed E-state index contributed by atoms with van der Waals surface area (Å²) in [5, 5.41) is 13.1. The molecule has 4 heterocycles. The number of carbonyl (C=O) groups excluding carboxylic acids is 4. The number of hydrogen-bond donors (Lipinski definition) is 1. The van der Waals surface area contributed by atoms with E-state index in [0.717, 1.165) is 9.91 Å². The number of halogens is 2. The highest BCUT2D eigenvalue weighted by atomic mass is 35.5. The molecule has 0 spiro atoms. The first-order chi connectivity index (χ1) is 16.8. The van der Waals surface area contributed by atoms with Gasteiger partial charge in [0.05, 0.1) is 22.9 Å². The summed E-state index contributed by atoms with van der Waals surface area (Å²) in [4.78, 5) is 58.6. The van der Waals surface area contributed by atoms with E-state index in [1.165, 1.54) is 36.4 Å². The molecule has 0 bridgehead atoms. The molecule has 35 heavy (non-hydrogen) atoms. The van der Waals surface area contributed by atoms with E-state index < -0.39 is 29.7 Å². The lowest BCUT2D eigenvalue weighted by Crippen LogP contribution is -2.55. The highest BCUT2D eigenvalue weighted by Gasteiger charge is 2.42. The number of hydrazine groups is 1. The lowest BCUT2D eigenvalue weighted by atomic mass is 9.86. The molecule has 3 aliphatic rings. The van der Waals surface area contributed by atoms with Crippen LogP contribution in [-0.4, -0.2) is 62.9 Å². The summed E-state index contributed by atoms with van der Waals surface area (Å²) in [5.41, 5.74) is 0.985. The smallest absolute Gasteiger partial charge is 0.276 e. The van der Waals surface area contributed by atoms with Crippen LogP contribution in [0.25, 0.3) is 10.8 Å². The van der Waals surface area contributed by atoms with Crippen molar-refractivity contribution in [1.82, 2.24) is 15.0 Å². The highest BCUT2D eigenvalue weighted by Crippen LogP contribution is 2.40. The van der Waals surface area contributed by atoms with Gasteiger partial charge in [-0.05, 0) is 49.2 Å². The van der Waals surface area contributed by atoms with Crippen molar-refractivity contribution in [2.45, 2.75) is 18.9 Å². The number of piperidine rings is 1. The Morgan fingerprint density at radius 3 is 1.63 bits per heavy atom. The van der Waals surface area contributed by atoms with Crippen molar-refractivity contribution < 1.29 is 24.3 Å². The zero-order valence-corrected chi connectivity index (χ0v) is 19.5. The van der Waals surface area contributed by atoms with Crippen LogP contribution < -0.4 is 4.90 Å². The molecule has 9 nitrogen and oxygen atoms in total. The minimum absolute atomic E-state index is 0.0191. The number of aromatic nitrogens is 1. The van der Waals surface area contributed by atoms with Crippen LogP contribution in [0.4, 0.5) is 5.69 Å². The first kappa shape index (κ1) is 22.1. The molecular weight excluding hydrogens is 495 g/mol. The fourth-order valence-electron chi connectivity index (χ4n) is 4.99. The molecule has 1 saturated heterocycles. The molecule has 0 radical (unpaired) electrons. The van der Waals surface area contributed by atoms with Crippen molar-refractivity contribution in [2.24, 2.45) is 0 Å². The molecule has 0 atom stereocenters. The van der Waals surface area contributed by atoms with E-state index in [1.54, 1.807) is 5.01 Å². The lowest BCUT2D eigenvalue weighted by molar-refractivity contribution is -0.0319. The molecule has 0 saturated carbocycles. The molecule has 11 heteroatoms. The summed E-state index contributed by atoms with van der Waals surface area (Å²) in [5.74, 6) is -2.32. The van der Waals surface area contributed by atoms with Crippen molar-refractivity contribution in [3.8, 4) is 0 Å². The topological polar surface area (TPSA) is 111 Å². The van der Waals surface area contributed by atoms with Gasteiger partial charge in [0.1, 0.15) is 10.3 Å². The average molecular weight is 511 g/mol. The maximum atomic E-state index is 13.5. The minimum atomic E-state index is -0.628. The Kier molecular flexibility index (Phi) is 4.94. The lowest BCUT2D eigenvalue weighted by Gasteiger charge is -2.39. The summed E-state index contributed by atoms with van der Waals surface area (Å²) in [6.07, 6.45) is 0.420. The number of hydrogen-bond acceptors (Lipinski definition) is 7. The van der Waals surface area contributed by atoms with Gasteiger partial charge in [0.25, 0.3) is 23.6 Å². The summed E-state index contributed by atoms with van der Waals surface area (Å²) < 4.78 is 0. The number of anilines is 1. The van der Waals surface area contributed by atoms with Crippen molar-refractivity contribution in [3.05, 3.63) is 69.0 Å². The fourth-order valence-corrected chi connectivity index (χ4v) is 5.44. The van der Waals surface area contributed by atoms with Crippen molar-refractivity contribution in [2.75, 3.05) is 18.0 Å². The molecule has 2 aromatic carbocycles. The van der Waals surface area contributed by atoms with Gasteiger partial charge in [-0.1, -0.05) is 23.2 Å². The average Bonchev–Trinajstić information content (AvgIpc) is 2.82. The van der Waals surface area contributed by atoms with E-state index >= 15 is 0 Å². The number of nitrogens with zero attached hydrogens (tertiary/aromatic N) is 4. The quantitative estimate of drug-likeness (QED) is 0.415. The third kappa shape index (κ3) is 3.20. The Bertz CT molecular complexity index is 1410. The Balaban J connectivity index is 1.50. The van der Waals surface area contributed by atoms with Crippen LogP contribution in [0.2, 0.25) is 10.3 Å². The molecular formula is C24H16Cl2N4O5. The van der Waals surface area contributed by atoms with Crippen molar-refractivity contribution in [3.63, 3.8) is 0 Å². The van der Waals surface area contributed by atoms with Crippen molar-refractivity contribution >= 4 is 63.3 Å². The molecule has 3 aromatic rings. The monoisotopic (exact) mass is 510 g/mol. The zero-order valence-electron chi connectivity index (χ0n) is 18.0. The van der Waals surface area contributed by atoms with E-state index in [4.69, 9.17) is 23.2 Å². The SMILES string of the molecule is O=C1c2ccc3c4c(ccc(c24)C(=O)N1c1cc(Cl)nc(Cl)c1)C(=O)N(N1CCC(O)CC1)C3=O. The van der Waals surface area contributed by atoms with Gasteiger partial charge >= 0.3 is 0 Å². The standard InChI is InChI=1S/C24H16Cl2N4O5/c25-17-9-11(10-18(26)27-17)29-21(32)13-1-3-15-20-16(4-2-14(19(13)20)22(29)33)24(35)30(23(15)34)28-7-5-12(31)6-8-28/h1-4,9-10,12,31H,5-8H2. The Morgan fingerprint density at radius 2 is 1.17 bits per heavy atom. The number of amides is 4. The van der Waals surface area contributed by atoms with Gasteiger partial charge in [-0.15, -0.1) is 0 Å². The van der Waals surface area contributed by atoms with Gasteiger partial charge in [-0.3, -0.25) is 19.2 Å². The number of rotatable bonds is 2. The second kappa shape index (κ2) is 7.82. The van der Waals surface area contributed by atoms with Crippen LogP contribution in [0.1, 0.15) is 54.3 Å². The number of benzene rings is 2. The third-order valence-electron chi connectivity index (χ3n) is 6.60.